The minimum atomic E-state index is -0.188. The Bertz CT molecular complexity index is 930. The van der Waals surface area contributed by atoms with E-state index in [1.807, 2.05) is 4.68 Å². The fraction of sp³-hybridized carbons (Fsp3) is 0.778. The Balaban J connectivity index is 1.46. The predicted octanol–water partition coefficient (Wildman–Crippen LogP) is 5.49. The maximum absolute atomic E-state index is 13.7. The van der Waals surface area contributed by atoms with Crippen molar-refractivity contribution in [3.63, 3.8) is 0 Å². The van der Waals surface area contributed by atoms with Gasteiger partial charge in [-0.15, -0.1) is 0 Å². The second-order valence-corrected chi connectivity index (χ2v) is 11.6. The van der Waals surface area contributed by atoms with Crippen LogP contribution in [-0.2, 0) is 11.3 Å². The van der Waals surface area contributed by atoms with Gasteiger partial charge in [-0.2, -0.15) is 5.10 Å². The van der Waals surface area contributed by atoms with Crippen LogP contribution in [0, 0.1) is 48.3 Å². The molecule has 0 radical (unpaired) electrons. The highest BCUT2D eigenvalue weighted by atomic mass is 16.3. The molecule has 7 unspecified atom stereocenters. The molecule has 0 bridgehead atoms. The number of allylic oxidation sites excluding steroid dienone is 1. The van der Waals surface area contributed by atoms with Crippen molar-refractivity contribution in [2.24, 2.45) is 34.5 Å². The summed E-state index contributed by atoms with van der Waals surface area (Å²) in [6.07, 6.45) is 10.8. The summed E-state index contributed by atoms with van der Waals surface area (Å²) in [6.45, 7) is 12.0. The van der Waals surface area contributed by atoms with E-state index in [2.05, 4.69) is 45.8 Å². The highest BCUT2D eigenvalue weighted by Gasteiger charge is 2.61. The maximum Gasteiger partial charge on any atom is 0.165 e. The van der Waals surface area contributed by atoms with Gasteiger partial charge >= 0.3 is 0 Å². The van der Waals surface area contributed by atoms with E-state index in [1.54, 1.807) is 0 Å². The van der Waals surface area contributed by atoms with Gasteiger partial charge in [0.15, 0.2) is 5.78 Å². The molecule has 0 amide bonds. The standard InChI is InChI=1S/C27H40N2O2/c1-6-29-17(3)22(16(2)28-29)13-18-14-24-21-8-7-19-15-20(30)9-11-26(19,4)23(21)10-12-27(24,5)25(18)31/h13,19-21,23-24,30H,6-12,14-15H2,1-5H3/b18-13+. The van der Waals surface area contributed by atoms with Gasteiger partial charge in [0.2, 0.25) is 0 Å². The molecular weight excluding hydrogens is 384 g/mol. The zero-order valence-electron chi connectivity index (χ0n) is 20.1. The Hall–Kier alpha value is -1.42. The molecule has 4 saturated carbocycles. The lowest BCUT2D eigenvalue weighted by Gasteiger charge is -2.59. The Morgan fingerprint density at radius 3 is 2.61 bits per heavy atom. The number of hydrogen-bond acceptors (Lipinski definition) is 3. The monoisotopic (exact) mass is 424 g/mol. The van der Waals surface area contributed by atoms with Crippen molar-refractivity contribution >= 4 is 11.9 Å². The molecule has 1 aromatic heterocycles. The van der Waals surface area contributed by atoms with Gasteiger partial charge in [-0.1, -0.05) is 13.8 Å². The van der Waals surface area contributed by atoms with E-state index in [0.29, 0.717) is 29.0 Å². The fourth-order valence-electron chi connectivity index (χ4n) is 8.44. The number of carbonyl (C=O) groups excluding carboxylic acids is 1. The summed E-state index contributed by atoms with van der Waals surface area (Å²) >= 11 is 0. The van der Waals surface area contributed by atoms with Gasteiger partial charge in [0.25, 0.3) is 0 Å². The molecule has 4 aliphatic carbocycles. The zero-order chi connectivity index (χ0) is 22.1. The number of ketones is 1. The quantitative estimate of drug-likeness (QED) is 0.639. The van der Waals surface area contributed by atoms with E-state index >= 15 is 0 Å². The predicted molar refractivity (Wildman–Crippen MR) is 123 cm³/mol. The van der Waals surface area contributed by atoms with E-state index in [9.17, 15) is 9.90 Å². The van der Waals surface area contributed by atoms with Gasteiger partial charge in [-0.05, 0) is 113 Å². The lowest BCUT2D eigenvalue weighted by molar-refractivity contribution is -0.141. The summed E-state index contributed by atoms with van der Waals surface area (Å²) in [7, 11) is 0. The van der Waals surface area contributed by atoms with E-state index < -0.39 is 0 Å². The average molecular weight is 425 g/mol. The van der Waals surface area contributed by atoms with Gasteiger partial charge in [0.1, 0.15) is 0 Å². The normalized spacial score (nSPS) is 43.6. The van der Waals surface area contributed by atoms with Crippen molar-refractivity contribution in [1.29, 1.82) is 0 Å². The van der Waals surface area contributed by atoms with Gasteiger partial charge in [0.05, 0.1) is 11.8 Å². The number of nitrogens with zero attached hydrogens (tertiary/aromatic N) is 2. The Kier molecular flexibility index (Phi) is 5.04. The van der Waals surface area contributed by atoms with Gasteiger partial charge in [-0.3, -0.25) is 9.48 Å². The van der Waals surface area contributed by atoms with Crippen LogP contribution in [0.15, 0.2) is 5.57 Å². The van der Waals surface area contributed by atoms with Crippen molar-refractivity contribution in [2.45, 2.75) is 98.6 Å². The minimum absolute atomic E-state index is 0.0957. The molecule has 1 N–H and O–H groups in total. The molecule has 0 spiro atoms. The number of Topliss-reactive ketones (excluding diaryl/α,β-unsaturated/α-hetero) is 1. The lowest BCUT2D eigenvalue weighted by Crippen LogP contribution is -2.54. The molecule has 31 heavy (non-hydrogen) atoms. The number of hydrogen-bond donors (Lipinski definition) is 1. The average Bonchev–Trinajstić information content (AvgIpc) is 3.16. The second-order valence-electron chi connectivity index (χ2n) is 11.6. The summed E-state index contributed by atoms with van der Waals surface area (Å²) in [5, 5.41) is 14.9. The lowest BCUT2D eigenvalue weighted by atomic mass is 9.45. The molecule has 0 aliphatic heterocycles. The van der Waals surface area contributed by atoms with Crippen LogP contribution in [0.25, 0.3) is 6.08 Å². The molecule has 1 heterocycles. The number of aliphatic hydroxyl groups is 1. The van der Waals surface area contributed by atoms with Crippen LogP contribution in [0.1, 0.15) is 89.1 Å². The van der Waals surface area contributed by atoms with Crippen LogP contribution in [0.2, 0.25) is 0 Å². The van der Waals surface area contributed by atoms with Gasteiger partial charge < -0.3 is 5.11 Å². The SMILES string of the molecule is CCn1nc(C)c(/C=C2\CC3C4CCC5CC(O)CCC5(C)C4CCC3(C)C2=O)c1C. The molecule has 1 aromatic rings. The second kappa shape index (κ2) is 7.30. The van der Waals surface area contributed by atoms with Crippen LogP contribution in [0.5, 0.6) is 0 Å². The molecule has 7 atom stereocenters. The first-order valence-corrected chi connectivity index (χ1v) is 12.7. The maximum atomic E-state index is 13.7. The van der Waals surface area contributed by atoms with Crippen LogP contribution < -0.4 is 0 Å². The Morgan fingerprint density at radius 2 is 1.90 bits per heavy atom. The molecule has 0 saturated heterocycles. The van der Waals surface area contributed by atoms with Crippen molar-refractivity contribution < 1.29 is 9.90 Å². The van der Waals surface area contributed by atoms with Crippen molar-refractivity contribution in [2.75, 3.05) is 0 Å². The molecular formula is C27H40N2O2. The number of aliphatic hydroxyl groups excluding tert-OH is 1. The van der Waals surface area contributed by atoms with Crippen LogP contribution in [0.3, 0.4) is 0 Å². The van der Waals surface area contributed by atoms with E-state index in [4.69, 9.17) is 0 Å². The molecule has 4 aliphatic rings. The smallest absolute Gasteiger partial charge is 0.165 e. The van der Waals surface area contributed by atoms with Crippen molar-refractivity contribution in [3.05, 3.63) is 22.5 Å². The summed E-state index contributed by atoms with van der Waals surface area (Å²) in [6, 6.07) is 0. The van der Waals surface area contributed by atoms with E-state index in [-0.39, 0.29) is 11.5 Å². The fourth-order valence-corrected chi connectivity index (χ4v) is 8.44. The number of aryl methyl sites for hydroxylation is 2. The third-order valence-electron chi connectivity index (χ3n) is 10.3. The summed E-state index contributed by atoms with van der Waals surface area (Å²) < 4.78 is 2.05. The zero-order valence-corrected chi connectivity index (χ0v) is 20.1. The van der Waals surface area contributed by atoms with Crippen LogP contribution >= 0.6 is 0 Å². The first-order valence-electron chi connectivity index (χ1n) is 12.7. The van der Waals surface area contributed by atoms with Crippen molar-refractivity contribution in [1.82, 2.24) is 9.78 Å². The first-order chi connectivity index (χ1) is 14.7. The van der Waals surface area contributed by atoms with Gasteiger partial charge in [0, 0.05) is 23.2 Å². The van der Waals surface area contributed by atoms with Crippen molar-refractivity contribution in [3.8, 4) is 0 Å². The highest BCUT2D eigenvalue weighted by Crippen LogP contribution is 2.66. The largest absolute Gasteiger partial charge is 0.393 e. The number of fused-ring (bicyclic) bond motifs is 5. The Morgan fingerprint density at radius 1 is 1.13 bits per heavy atom. The third kappa shape index (κ3) is 3.03. The number of aromatic nitrogens is 2. The molecule has 4 nitrogen and oxygen atoms in total. The first kappa shape index (κ1) is 21.4. The summed E-state index contributed by atoms with van der Waals surface area (Å²) in [4.78, 5) is 13.7. The number of carbonyl (C=O) groups is 1. The van der Waals surface area contributed by atoms with Crippen LogP contribution in [0.4, 0.5) is 0 Å². The molecule has 4 heteroatoms. The molecule has 5 rings (SSSR count). The summed E-state index contributed by atoms with van der Waals surface area (Å²) in [5.74, 6) is 2.93. The molecule has 0 aromatic carbocycles. The number of rotatable bonds is 2. The third-order valence-corrected chi connectivity index (χ3v) is 10.3. The van der Waals surface area contributed by atoms with Gasteiger partial charge in [-0.25, -0.2) is 0 Å². The minimum Gasteiger partial charge on any atom is -0.393 e. The topological polar surface area (TPSA) is 55.1 Å². The highest BCUT2D eigenvalue weighted by molar-refractivity contribution is 6.06. The van der Waals surface area contributed by atoms with E-state index in [1.165, 1.54) is 25.0 Å². The van der Waals surface area contributed by atoms with Crippen LogP contribution in [-0.4, -0.2) is 26.8 Å². The molecule has 4 fully saturated rings. The summed E-state index contributed by atoms with van der Waals surface area (Å²) in [5.41, 5.74) is 4.57. The Labute approximate surface area is 187 Å². The molecule has 170 valence electrons. The van der Waals surface area contributed by atoms with E-state index in [0.717, 1.165) is 61.4 Å².